The van der Waals surface area contributed by atoms with E-state index in [1.54, 1.807) is 0 Å². The third-order valence-electron chi connectivity index (χ3n) is 3.09. The van der Waals surface area contributed by atoms with Crippen molar-refractivity contribution in [3.05, 3.63) is 35.1 Å². The molecule has 0 aliphatic carbocycles. The average molecular weight is 294 g/mol. The first-order valence-corrected chi connectivity index (χ1v) is 7.27. The molecule has 5 heteroatoms. The lowest BCUT2D eigenvalue weighted by atomic mass is 10.1. The summed E-state index contributed by atoms with van der Waals surface area (Å²) < 4.78 is 24.1. The summed E-state index contributed by atoms with van der Waals surface area (Å²) in [6, 6.07) is 6.36. The van der Waals surface area contributed by atoms with Crippen molar-refractivity contribution in [2.75, 3.05) is 39.5 Å². The van der Waals surface area contributed by atoms with Gasteiger partial charge in [0.25, 0.3) is 0 Å². The van der Waals surface area contributed by atoms with Gasteiger partial charge in [0.2, 0.25) is 0 Å². The van der Waals surface area contributed by atoms with Gasteiger partial charge in [0.15, 0.2) is 0 Å². The first kappa shape index (κ1) is 17.6. The Morgan fingerprint density at radius 3 is 2.29 bits per heavy atom. The summed E-state index contributed by atoms with van der Waals surface area (Å²) in [4.78, 5) is 2.11. The van der Waals surface area contributed by atoms with Crippen LogP contribution in [0.3, 0.4) is 0 Å². The van der Waals surface area contributed by atoms with Crippen molar-refractivity contribution in [2.45, 2.75) is 20.4 Å². The second kappa shape index (κ2) is 10.3. The Balaban J connectivity index is 2.69. The normalized spacial score (nSPS) is 10.8. The van der Waals surface area contributed by atoms with Gasteiger partial charge in [-0.15, -0.1) is 0 Å². The predicted molar refractivity (Wildman–Crippen MR) is 79.4 cm³/mol. The molecule has 0 N–H and O–H groups in total. The van der Waals surface area contributed by atoms with Crippen LogP contribution in [0.5, 0.6) is 0 Å². The lowest BCUT2D eigenvalue weighted by molar-refractivity contribution is 0.0797. The van der Waals surface area contributed by atoms with Gasteiger partial charge in [-0.3, -0.25) is 4.90 Å². The minimum atomic E-state index is -0.321. The first-order valence-electron chi connectivity index (χ1n) is 7.27. The molecule has 0 saturated heterocycles. The van der Waals surface area contributed by atoms with Crippen molar-refractivity contribution in [1.29, 1.82) is 5.26 Å². The van der Waals surface area contributed by atoms with Crippen LogP contribution < -0.4 is 0 Å². The lowest BCUT2D eigenvalue weighted by Gasteiger charge is -2.22. The Bertz CT molecular complexity index is 450. The molecule has 0 atom stereocenters. The molecule has 0 aliphatic heterocycles. The largest absolute Gasteiger partial charge is 0.380 e. The highest BCUT2D eigenvalue weighted by Gasteiger charge is 2.10. The van der Waals surface area contributed by atoms with Gasteiger partial charge in [0.05, 0.1) is 24.8 Å². The van der Waals surface area contributed by atoms with Crippen LogP contribution in [0.4, 0.5) is 4.39 Å². The molecule has 0 spiro atoms. The predicted octanol–water partition coefficient (Wildman–Crippen LogP) is 2.57. The van der Waals surface area contributed by atoms with E-state index in [1.807, 2.05) is 13.8 Å². The van der Waals surface area contributed by atoms with E-state index in [2.05, 4.69) is 11.0 Å². The van der Waals surface area contributed by atoms with E-state index in [1.165, 1.54) is 18.2 Å². The van der Waals surface area contributed by atoms with E-state index >= 15 is 0 Å². The maximum absolute atomic E-state index is 13.4. The van der Waals surface area contributed by atoms with Gasteiger partial charge in [-0.25, -0.2) is 4.39 Å². The van der Waals surface area contributed by atoms with Gasteiger partial charge in [-0.2, -0.15) is 5.26 Å². The molecule has 0 heterocycles. The maximum atomic E-state index is 13.4. The van der Waals surface area contributed by atoms with Crippen molar-refractivity contribution in [3.63, 3.8) is 0 Å². The number of halogens is 1. The zero-order valence-electron chi connectivity index (χ0n) is 12.8. The highest BCUT2D eigenvalue weighted by molar-refractivity contribution is 5.37. The highest BCUT2D eigenvalue weighted by Crippen LogP contribution is 2.13. The number of rotatable bonds is 10. The quantitative estimate of drug-likeness (QED) is 0.622. The zero-order chi connectivity index (χ0) is 15.5. The maximum Gasteiger partial charge on any atom is 0.123 e. The van der Waals surface area contributed by atoms with E-state index in [4.69, 9.17) is 14.7 Å². The second-order valence-corrected chi connectivity index (χ2v) is 4.58. The van der Waals surface area contributed by atoms with Gasteiger partial charge >= 0.3 is 0 Å². The van der Waals surface area contributed by atoms with Crippen molar-refractivity contribution in [2.24, 2.45) is 0 Å². The zero-order valence-corrected chi connectivity index (χ0v) is 12.8. The Morgan fingerprint density at radius 1 is 1.14 bits per heavy atom. The summed E-state index contributed by atoms with van der Waals surface area (Å²) in [5.41, 5.74) is 1.21. The van der Waals surface area contributed by atoms with Crippen LogP contribution in [-0.4, -0.2) is 44.4 Å². The van der Waals surface area contributed by atoms with Gasteiger partial charge in [-0.1, -0.05) is 0 Å². The van der Waals surface area contributed by atoms with Crippen molar-refractivity contribution < 1.29 is 13.9 Å². The fraction of sp³-hybridized carbons (Fsp3) is 0.562. The van der Waals surface area contributed by atoms with Crippen LogP contribution in [0.15, 0.2) is 18.2 Å². The van der Waals surface area contributed by atoms with Crippen LogP contribution in [0, 0.1) is 17.1 Å². The smallest absolute Gasteiger partial charge is 0.123 e. The number of nitriles is 1. The van der Waals surface area contributed by atoms with E-state index in [0.717, 1.165) is 13.1 Å². The summed E-state index contributed by atoms with van der Waals surface area (Å²) in [6.45, 7) is 8.42. The topological polar surface area (TPSA) is 45.5 Å². The molecule has 0 aliphatic rings. The molecule has 0 amide bonds. The van der Waals surface area contributed by atoms with Gasteiger partial charge in [0.1, 0.15) is 5.82 Å². The monoisotopic (exact) mass is 294 g/mol. The fourth-order valence-corrected chi connectivity index (χ4v) is 1.99. The molecule has 1 aromatic carbocycles. The van der Waals surface area contributed by atoms with Gasteiger partial charge < -0.3 is 9.47 Å². The number of ether oxygens (including phenoxy) is 2. The first-order chi connectivity index (χ1) is 10.2. The Hall–Kier alpha value is -1.48. The summed E-state index contributed by atoms with van der Waals surface area (Å²) >= 11 is 0. The number of benzene rings is 1. The van der Waals surface area contributed by atoms with Crippen molar-refractivity contribution >= 4 is 0 Å². The number of nitrogens with zero attached hydrogens (tertiary/aromatic N) is 2. The molecular formula is C16H23FN2O2. The summed E-state index contributed by atoms with van der Waals surface area (Å²) in [5.74, 6) is -0.321. The minimum absolute atomic E-state index is 0.321. The SMILES string of the molecule is CCOCCN(CCOCC)Cc1cc(F)ccc1C#N. The molecule has 0 aromatic heterocycles. The molecule has 0 saturated carbocycles. The second-order valence-electron chi connectivity index (χ2n) is 4.58. The summed E-state index contributed by atoms with van der Waals surface area (Å²) in [6.07, 6.45) is 0. The Morgan fingerprint density at radius 2 is 1.76 bits per heavy atom. The molecule has 0 radical (unpaired) electrons. The van der Waals surface area contributed by atoms with E-state index in [0.29, 0.717) is 44.1 Å². The molecule has 4 nitrogen and oxygen atoms in total. The molecular weight excluding hydrogens is 271 g/mol. The minimum Gasteiger partial charge on any atom is -0.380 e. The fourth-order valence-electron chi connectivity index (χ4n) is 1.99. The highest BCUT2D eigenvalue weighted by atomic mass is 19.1. The molecule has 116 valence electrons. The standard InChI is InChI=1S/C16H23FN2O2/c1-3-20-9-7-19(8-10-21-4-2)13-15-11-16(17)6-5-14(15)12-18/h5-6,11H,3-4,7-10,13H2,1-2H3. The summed E-state index contributed by atoms with van der Waals surface area (Å²) in [5, 5.41) is 9.11. The third kappa shape index (κ3) is 6.67. The molecule has 1 rings (SSSR count). The van der Waals surface area contributed by atoms with Crippen molar-refractivity contribution in [3.8, 4) is 6.07 Å². The summed E-state index contributed by atoms with van der Waals surface area (Å²) in [7, 11) is 0. The van der Waals surface area contributed by atoms with Crippen LogP contribution in [0.2, 0.25) is 0 Å². The van der Waals surface area contributed by atoms with Crippen LogP contribution in [0.1, 0.15) is 25.0 Å². The van der Waals surface area contributed by atoms with Crippen molar-refractivity contribution in [1.82, 2.24) is 4.90 Å². The number of hydrogen-bond acceptors (Lipinski definition) is 4. The average Bonchev–Trinajstić information content (AvgIpc) is 2.48. The van der Waals surface area contributed by atoms with Crippen LogP contribution in [0.25, 0.3) is 0 Å². The van der Waals surface area contributed by atoms with Gasteiger partial charge in [0, 0.05) is 32.8 Å². The molecule has 0 unspecified atom stereocenters. The van der Waals surface area contributed by atoms with E-state index in [9.17, 15) is 4.39 Å². The third-order valence-corrected chi connectivity index (χ3v) is 3.09. The van der Waals surface area contributed by atoms with Crippen LogP contribution in [-0.2, 0) is 16.0 Å². The number of hydrogen-bond donors (Lipinski definition) is 0. The molecule has 0 fully saturated rings. The Labute approximate surface area is 126 Å². The molecule has 1 aromatic rings. The van der Waals surface area contributed by atoms with Gasteiger partial charge in [-0.05, 0) is 37.6 Å². The van der Waals surface area contributed by atoms with E-state index in [-0.39, 0.29) is 5.82 Å². The lowest BCUT2D eigenvalue weighted by Crippen LogP contribution is -2.31. The van der Waals surface area contributed by atoms with Crippen LogP contribution >= 0.6 is 0 Å². The Kier molecular flexibility index (Phi) is 8.60. The molecule has 21 heavy (non-hydrogen) atoms. The molecule has 0 bridgehead atoms. The van der Waals surface area contributed by atoms with E-state index < -0.39 is 0 Å².